The molecule has 0 saturated carbocycles. The molecule has 116 valence electrons. The summed E-state index contributed by atoms with van der Waals surface area (Å²) in [4.78, 5) is 28.6. The molecule has 7 heteroatoms. The Labute approximate surface area is 146 Å². The lowest BCUT2D eigenvalue weighted by Crippen LogP contribution is -2.43. The number of halogens is 1. The van der Waals surface area contributed by atoms with Crippen LogP contribution in [0.2, 0.25) is 0 Å². The van der Waals surface area contributed by atoms with Crippen molar-refractivity contribution < 1.29 is 9.59 Å². The SMILES string of the molecule is O=C1SC(=Cc2ccc(Br)cc2)C(=O)N1CN1CCSCC1. The Morgan fingerprint density at radius 2 is 1.82 bits per heavy atom. The van der Waals surface area contributed by atoms with Crippen LogP contribution < -0.4 is 0 Å². The highest BCUT2D eigenvalue weighted by molar-refractivity contribution is 9.10. The van der Waals surface area contributed by atoms with Crippen molar-refractivity contribution in [1.82, 2.24) is 9.80 Å². The van der Waals surface area contributed by atoms with E-state index in [1.165, 1.54) is 4.90 Å². The molecule has 1 aromatic rings. The summed E-state index contributed by atoms with van der Waals surface area (Å²) in [6.07, 6.45) is 1.78. The van der Waals surface area contributed by atoms with Gasteiger partial charge in [0, 0.05) is 29.1 Å². The van der Waals surface area contributed by atoms with Crippen molar-refractivity contribution in [3.8, 4) is 0 Å². The van der Waals surface area contributed by atoms with Gasteiger partial charge in [-0.25, -0.2) is 0 Å². The molecule has 2 aliphatic heterocycles. The molecule has 22 heavy (non-hydrogen) atoms. The van der Waals surface area contributed by atoms with Crippen LogP contribution in [0, 0.1) is 0 Å². The number of imide groups is 1. The van der Waals surface area contributed by atoms with Crippen LogP contribution in [0.25, 0.3) is 6.08 Å². The van der Waals surface area contributed by atoms with E-state index in [4.69, 9.17) is 0 Å². The zero-order valence-electron chi connectivity index (χ0n) is 11.8. The van der Waals surface area contributed by atoms with E-state index in [0.717, 1.165) is 46.4 Å². The number of hydrogen-bond acceptors (Lipinski definition) is 5. The minimum absolute atomic E-state index is 0.174. The van der Waals surface area contributed by atoms with Gasteiger partial charge < -0.3 is 0 Å². The monoisotopic (exact) mass is 398 g/mol. The number of carbonyl (C=O) groups is 2. The van der Waals surface area contributed by atoms with E-state index in [9.17, 15) is 9.59 Å². The number of carbonyl (C=O) groups excluding carboxylic acids is 2. The summed E-state index contributed by atoms with van der Waals surface area (Å²) < 4.78 is 0.987. The summed E-state index contributed by atoms with van der Waals surface area (Å²) >= 11 is 6.32. The summed E-state index contributed by atoms with van der Waals surface area (Å²) in [5.41, 5.74) is 0.920. The molecule has 2 amide bonds. The molecule has 2 heterocycles. The van der Waals surface area contributed by atoms with E-state index in [2.05, 4.69) is 20.8 Å². The van der Waals surface area contributed by atoms with Crippen LogP contribution in [0.1, 0.15) is 5.56 Å². The maximum absolute atomic E-state index is 12.4. The van der Waals surface area contributed by atoms with E-state index in [1.807, 2.05) is 36.0 Å². The third-order valence-electron chi connectivity index (χ3n) is 3.49. The van der Waals surface area contributed by atoms with Gasteiger partial charge in [0.2, 0.25) is 0 Å². The molecule has 4 nitrogen and oxygen atoms in total. The first-order chi connectivity index (χ1) is 10.6. The van der Waals surface area contributed by atoms with Crippen molar-refractivity contribution >= 4 is 56.7 Å². The average molecular weight is 399 g/mol. The van der Waals surface area contributed by atoms with Gasteiger partial charge in [-0.1, -0.05) is 28.1 Å². The standard InChI is InChI=1S/C15H15BrN2O2S2/c16-12-3-1-11(2-4-12)9-13-14(19)18(15(20)22-13)10-17-5-7-21-8-6-17/h1-4,9H,5-8,10H2. The van der Waals surface area contributed by atoms with Crippen LogP contribution in [-0.2, 0) is 4.79 Å². The molecular formula is C15H15BrN2O2S2. The van der Waals surface area contributed by atoms with Crippen molar-refractivity contribution in [2.75, 3.05) is 31.3 Å². The maximum Gasteiger partial charge on any atom is 0.294 e. The lowest BCUT2D eigenvalue weighted by molar-refractivity contribution is -0.124. The Balaban J connectivity index is 1.71. The van der Waals surface area contributed by atoms with Crippen LogP contribution in [-0.4, -0.2) is 52.2 Å². The zero-order chi connectivity index (χ0) is 15.5. The van der Waals surface area contributed by atoms with Gasteiger partial charge in [-0.15, -0.1) is 0 Å². The molecule has 3 rings (SSSR count). The van der Waals surface area contributed by atoms with Crippen LogP contribution in [0.3, 0.4) is 0 Å². The van der Waals surface area contributed by atoms with Crippen LogP contribution >= 0.6 is 39.5 Å². The normalized spacial score (nSPS) is 21.9. The summed E-state index contributed by atoms with van der Waals surface area (Å²) in [7, 11) is 0. The second kappa shape index (κ2) is 7.21. The first kappa shape index (κ1) is 16.1. The summed E-state index contributed by atoms with van der Waals surface area (Å²) in [5, 5.41) is -0.174. The van der Waals surface area contributed by atoms with Crippen molar-refractivity contribution in [3.63, 3.8) is 0 Å². The fourth-order valence-corrected chi connectivity index (χ4v) is 4.35. The Morgan fingerprint density at radius 1 is 1.14 bits per heavy atom. The number of thioether (sulfide) groups is 2. The molecule has 0 aromatic heterocycles. The zero-order valence-corrected chi connectivity index (χ0v) is 15.0. The fraction of sp³-hybridized carbons (Fsp3) is 0.333. The molecular weight excluding hydrogens is 384 g/mol. The predicted octanol–water partition coefficient (Wildman–Crippen LogP) is 3.49. The van der Waals surface area contributed by atoms with Crippen molar-refractivity contribution in [2.24, 2.45) is 0 Å². The Hall–Kier alpha value is -0.760. The highest BCUT2D eigenvalue weighted by Crippen LogP contribution is 2.32. The second-order valence-electron chi connectivity index (χ2n) is 5.03. The summed E-state index contributed by atoms with van der Waals surface area (Å²) in [5.74, 6) is 1.94. The molecule has 1 aromatic carbocycles. The molecule has 0 atom stereocenters. The lowest BCUT2D eigenvalue weighted by atomic mass is 10.2. The summed E-state index contributed by atoms with van der Waals surface area (Å²) in [6, 6.07) is 7.67. The molecule has 2 aliphatic rings. The van der Waals surface area contributed by atoms with E-state index < -0.39 is 0 Å². The van der Waals surface area contributed by atoms with E-state index in [-0.39, 0.29) is 11.1 Å². The van der Waals surface area contributed by atoms with E-state index in [0.29, 0.717) is 11.6 Å². The largest absolute Gasteiger partial charge is 0.294 e. The number of nitrogens with zero attached hydrogens (tertiary/aromatic N) is 2. The Bertz CT molecular complexity index is 612. The number of benzene rings is 1. The van der Waals surface area contributed by atoms with Gasteiger partial charge >= 0.3 is 0 Å². The van der Waals surface area contributed by atoms with Gasteiger partial charge in [-0.3, -0.25) is 19.4 Å². The van der Waals surface area contributed by atoms with Crippen molar-refractivity contribution in [3.05, 3.63) is 39.2 Å². The molecule has 0 bridgehead atoms. The van der Waals surface area contributed by atoms with Gasteiger partial charge in [-0.05, 0) is 35.5 Å². The molecule has 0 spiro atoms. The first-order valence-corrected chi connectivity index (χ1v) is 9.71. The first-order valence-electron chi connectivity index (χ1n) is 6.94. The Kier molecular flexibility index (Phi) is 5.28. The van der Waals surface area contributed by atoms with Crippen LogP contribution in [0.15, 0.2) is 33.6 Å². The van der Waals surface area contributed by atoms with Gasteiger partial charge in [0.25, 0.3) is 11.1 Å². The van der Waals surface area contributed by atoms with Crippen LogP contribution in [0.5, 0.6) is 0 Å². The summed E-state index contributed by atoms with van der Waals surface area (Å²) in [6.45, 7) is 2.26. The van der Waals surface area contributed by atoms with E-state index in [1.54, 1.807) is 6.08 Å². The van der Waals surface area contributed by atoms with Crippen molar-refractivity contribution in [1.29, 1.82) is 0 Å². The minimum atomic E-state index is -0.184. The maximum atomic E-state index is 12.4. The van der Waals surface area contributed by atoms with Gasteiger partial charge in [0.05, 0.1) is 11.6 Å². The second-order valence-corrected chi connectivity index (χ2v) is 8.17. The number of hydrogen-bond donors (Lipinski definition) is 0. The Morgan fingerprint density at radius 3 is 2.50 bits per heavy atom. The molecule has 0 radical (unpaired) electrons. The fourth-order valence-electron chi connectivity index (χ4n) is 2.27. The lowest BCUT2D eigenvalue weighted by Gasteiger charge is -2.28. The average Bonchev–Trinajstić information content (AvgIpc) is 2.78. The van der Waals surface area contributed by atoms with Gasteiger partial charge in [0.15, 0.2) is 0 Å². The third-order valence-corrected chi connectivity index (χ3v) is 5.87. The molecule has 2 fully saturated rings. The number of rotatable bonds is 3. The highest BCUT2D eigenvalue weighted by Gasteiger charge is 2.36. The minimum Gasteiger partial charge on any atom is -0.284 e. The molecule has 0 aliphatic carbocycles. The molecule has 0 unspecified atom stereocenters. The van der Waals surface area contributed by atoms with Crippen LogP contribution in [0.4, 0.5) is 4.79 Å². The highest BCUT2D eigenvalue weighted by atomic mass is 79.9. The topological polar surface area (TPSA) is 40.6 Å². The molecule has 2 saturated heterocycles. The van der Waals surface area contributed by atoms with Gasteiger partial charge in [-0.2, -0.15) is 11.8 Å². The third kappa shape index (κ3) is 3.76. The number of amides is 2. The van der Waals surface area contributed by atoms with E-state index >= 15 is 0 Å². The smallest absolute Gasteiger partial charge is 0.284 e. The quantitative estimate of drug-likeness (QED) is 0.728. The predicted molar refractivity (Wildman–Crippen MR) is 95.7 cm³/mol. The van der Waals surface area contributed by atoms with Gasteiger partial charge in [0.1, 0.15) is 0 Å². The van der Waals surface area contributed by atoms with Crippen molar-refractivity contribution in [2.45, 2.75) is 0 Å². The molecule has 0 N–H and O–H groups in total.